The first-order valence-electron chi connectivity index (χ1n) is 9.38. The number of hydrogen-bond acceptors (Lipinski definition) is 5. The Hall–Kier alpha value is -3.12. The molecule has 1 aliphatic rings. The van der Waals surface area contributed by atoms with E-state index in [9.17, 15) is 9.59 Å². The van der Waals surface area contributed by atoms with Gasteiger partial charge < -0.3 is 9.15 Å². The zero-order valence-corrected chi connectivity index (χ0v) is 15.9. The maximum atomic E-state index is 13.1. The lowest BCUT2D eigenvalue weighted by atomic mass is 10.0. The smallest absolute Gasteiger partial charge is 0.417 e. The Labute approximate surface area is 162 Å². The highest BCUT2D eigenvalue weighted by atomic mass is 16.6. The van der Waals surface area contributed by atoms with Gasteiger partial charge in [-0.3, -0.25) is 9.69 Å². The maximum Gasteiger partial charge on any atom is 0.417 e. The van der Waals surface area contributed by atoms with Crippen LogP contribution >= 0.6 is 0 Å². The molecular formula is C22H22N2O4. The van der Waals surface area contributed by atoms with E-state index >= 15 is 0 Å². The highest BCUT2D eigenvalue weighted by Gasteiger charge is 2.35. The van der Waals surface area contributed by atoms with Crippen LogP contribution in [0.3, 0.4) is 0 Å². The van der Waals surface area contributed by atoms with Crippen molar-refractivity contribution in [1.29, 1.82) is 0 Å². The summed E-state index contributed by atoms with van der Waals surface area (Å²) >= 11 is 0. The normalized spacial score (nSPS) is 15.3. The number of ether oxygens (including phenoxy) is 1. The monoisotopic (exact) mass is 378 g/mol. The molecule has 3 aromatic rings. The van der Waals surface area contributed by atoms with Crippen molar-refractivity contribution in [3.63, 3.8) is 0 Å². The molecule has 0 saturated carbocycles. The van der Waals surface area contributed by atoms with Gasteiger partial charge in [-0.25, -0.2) is 9.69 Å². The number of para-hydroxylation sites is 1. The Morgan fingerprint density at radius 3 is 2.61 bits per heavy atom. The Bertz CT molecular complexity index is 1060. The van der Waals surface area contributed by atoms with Gasteiger partial charge in [0, 0.05) is 12.6 Å². The van der Waals surface area contributed by atoms with Gasteiger partial charge >= 0.3 is 6.09 Å². The summed E-state index contributed by atoms with van der Waals surface area (Å²) in [6.07, 6.45) is -0.521. The molecule has 6 nitrogen and oxygen atoms in total. The SMILES string of the molecule is CCOC(=O)N1CN([C@@H](C)c2ccccc2)Cc2c1oc1ccccc1c2=O. The van der Waals surface area contributed by atoms with Gasteiger partial charge in [0.05, 0.1) is 24.2 Å². The quantitative estimate of drug-likeness (QED) is 0.680. The Morgan fingerprint density at radius 1 is 1.14 bits per heavy atom. The average Bonchev–Trinajstić information content (AvgIpc) is 2.73. The number of benzene rings is 2. The van der Waals surface area contributed by atoms with Crippen molar-refractivity contribution in [3.8, 4) is 0 Å². The predicted molar refractivity (Wildman–Crippen MR) is 107 cm³/mol. The molecule has 28 heavy (non-hydrogen) atoms. The molecule has 0 spiro atoms. The lowest BCUT2D eigenvalue weighted by Gasteiger charge is -2.38. The molecule has 0 radical (unpaired) electrons. The molecule has 0 aliphatic carbocycles. The summed E-state index contributed by atoms with van der Waals surface area (Å²) in [7, 11) is 0. The van der Waals surface area contributed by atoms with E-state index in [1.807, 2.05) is 36.4 Å². The third-order valence-corrected chi connectivity index (χ3v) is 5.12. The van der Waals surface area contributed by atoms with Crippen molar-refractivity contribution >= 4 is 22.9 Å². The van der Waals surface area contributed by atoms with Crippen LogP contribution in [0.25, 0.3) is 11.0 Å². The van der Waals surface area contributed by atoms with E-state index < -0.39 is 6.09 Å². The highest BCUT2D eigenvalue weighted by molar-refractivity contribution is 5.89. The third-order valence-electron chi connectivity index (χ3n) is 5.12. The molecule has 2 heterocycles. The number of fused-ring (bicyclic) bond motifs is 2. The van der Waals surface area contributed by atoms with Crippen LogP contribution in [0, 0.1) is 0 Å². The largest absolute Gasteiger partial charge is 0.449 e. The maximum absolute atomic E-state index is 13.1. The summed E-state index contributed by atoms with van der Waals surface area (Å²) in [5.74, 6) is 0.277. The molecule has 4 rings (SSSR count). The summed E-state index contributed by atoms with van der Waals surface area (Å²) in [5, 5.41) is 0.513. The van der Waals surface area contributed by atoms with Gasteiger partial charge in [0.25, 0.3) is 0 Å². The van der Waals surface area contributed by atoms with Crippen molar-refractivity contribution in [2.75, 3.05) is 18.2 Å². The summed E-state index contributed by atoms with van der Waals surface area (Å²) in [5.41, 5.74) is 1.93. The molecule has 1 aliphatic heterocycles. The van der Waals surface area contributed by atoms with Crippen LogP contribution in [-0.2, 0) is 11.3 Å². The lowest BCUT2D eigenvalue weighted by Crippen LogP contribution is -2.48. The summed E-state index contributed by atoms with van der Waals surface area (Å²) < 4.78 is 11.2. The Balaban J connectivity index is 1.82. The summed E-state index contributed by atoms with van der Waals surface area (Å²) in [4.78, 5) is 29.2. The predicted octanol–water partition coefficient (Wildman–Crippen LogP) is 4.29. The van der Waals surface area contributed by atoms with E-state index in [4.69, 9.17) is 9.15 Å². The van der Waals surface area contributed by atoms with E-state index in [2.05, 4.69) is 11.8 Å². The van der Waals surface area contributed by atoms with Crippen molar-refractivity contribution in [3.05, 3.63) is 75.9 Å². The fourth-order valence-corrected chi connectivity index (χ4v) is 3.57. The van der Waals surface area contributed by atoms with Crippen LogP contribution in [-0.4, -0.2) is 24.3 Å². The first-order valence-corrected chi connectivity index (χ1v) is 9.38. The first kappa shape index (κ1) is 18.3. The molecular weight excluding hydrogens is 356 g/mol. The number of carbonyl (C=O) groups excluding carboxylic acids is 1. The van der Waals surface area contributed by atoms with Crippen molar-refractivity contribution in [1.82, 2.24) is 4.90 Å². The standard InChI is InChI=1S/C22H22N2O4/c1-3-27-22(26)24-14-23(15(2)16-9-5-4-6-10-16)13-18-20(25)17-11-7-8-12-19(17)28-21(18)24/h4-12,15H,3,13-14H2,1-2H3/t15-/m0/s1. The number of hydrogen-bond donors (Lipinski definition) is 0. The zero-order chi connectivity index (χ0) is 19.7. The molecule has 1 atom stereocenters. The molecule has 1 aromatic heterocycles. The summed E-state index contributed by atoms with van der Waals surface area (Å²) in [6, 6.07) is 17.1. The molecule has 1 amide bonds. The second kappa shape index (κ2) is 7.48. The van der Waals surface area contributed by atoms with Crippen LogP contribution < -0.4 is 10.3 Å². The van der Waals surface area contributed by atoms with E-state index in [0.29, 0.717) is 23.1 Å². The minimum atomic E-state index is -0.521. The molecule has 0 saturated heterocycles. The van der Waals surface area contributed by atoms with Crippen LogP contribution in [0.1, 0.15) is 31.0 Å². The summed E-state index contributed by atoms with van der Waals surface area (Å²) in [6.45, 7) is 4.74. The van der Waals surface area contributed by atoms with E-state index in [1.165, 1.54) is 4.90 Å². The zero-order valence-electron chi connectivity index (χ0n) is 15.9. The number of nitrogens with zero attached hydrogens (tertiary/aromatic N) is 2. The average molecular weight is 378 g/mol. The van der Waals surface area contributed by atoms with Gasteiger partial charge in [-0.15, -0.1) is 0 Å². The number of amides is 1. The second-order valence-corrected chi connectivity index (χ2v) is 6.81. The number of carbonyl (C=O) groups is 1. The Morgan fingerprint density at radius 2 is 1.86 bits per heavy atom. The molecule has 6 heteroatoms. The number of rotatable bonds is 3. The third kappa shape index (κ3) is 3.16. The van der Waals surface area contributed by atoms with Crippen molar-refractivity contribution < 1.29 is 13.9 Å². The van der Waals surface area contributed by atoms with Gasteiger partial charge in [0.2, 0.25) is 5.88 Å². The topological polar surface area (TPSA) is 63.0 Å². The molecule has 2 aromatic carbocycles. The van der Waals surface area contributed by atoms with Gasteiger partial charge in [-0.1, -0.05) is 42.5 Å². The highest BCUT2D eigenvalue weighted by Crippen LogP contribution is 2.33. The van der Waals surface area contributed by atoms with E-state index in [0.717, 1.165) is 5.56 Å². The van der Waals surface area contributed by atoms with Crippen molar-refractivity contribution in [2.24, 2.45) is 0 Å². The Kier molecular flexibility index (Phi) is 4.88. The van der Waals surface area contributed by atoms with Gasteiger partial charge in [-0.2, -0.15) is 0 Å². The number of anilines is 1. The minimum absolute atomic E-state index is 0.0112. The minimum Gasteiger partial charge on any atom is -0.449 e. The molecule has 0 bridgehead atoms. The molecule has 0 N–H and O–H groups in total. The van der Waals surface area contributed by atoms with Crippen LogP contribution in [0.5, 0.6) is 0 Å². The molecule has 0 unspecified atom stereocenters. The van der Waals surface area contributed by atoms with E-state index in [-0.39, 0.29) is 30.6 Å². The van der Waals surface area contributed by atoms with Crippen LogP contribution in [0.15, 0.2) is 63.8 Å². The van der Waals surface area contributed by atoms with Gasteiger partial charge in [0.15, 0.2) is 5.43 Å². The second-order valence-electron chi connectivity index (χ2n) is 6.81. The fraction of sp³-hybridized carbons (Fsp3) is 0.273. The van der Waals surface area contributed by atoms with Gasteiger partial charge in [-0.05, 0) is 31.5 Å². The lowest BCUT2D eigenvalue weighted by molar-refractivity contribution is 0.137. The molecule has 144 valence electrons. The fourth-order valence-electron chi connectivity index (χ4n) is 3.57. The molecule has 0 fully saturated rings. The first-order chi connectivity index (χ1) is 13.6. The van der Waals surface area contributed by atoms with Crippen molar-refractivity contribution in [2.45, 2.75) is 26.4 Å². The van der Waals surface area contributed by atoms with E-state index in [1.54, 1.807) is 25.1 Å². The van der Waals surface area contributed by atoms with Crippen LogP contribution in [0.2, 0.25) is 0 Å². The van der Waals surface area contributed by atoms with Crippen LogP contribution in [0.4, 0.5) is 10.7 Å². The van der Waals surface area contributed by atoms with Gasteiger partial charge in [0.1, 0.15) is 5.58 Å².